The lowest BCUT2D eigenvalue weighted by atomic mass is 10.2. The molecule has 0 fully saturated rings. The normalized spacial score (nSPS) is 12.4. The summed E-state index contributed by atoms with van der Waals surface area (Å²) in [5.74, 6) is -0.172. The van der Waals surface area contributed by atoms with Crippen molar-refractivity contribution < 1.29 is 4.79 Å². The molecule has 0 saturated carbocycles. The van der Waals surface area contributed by atoms with Gasteiger partial charge in [-0.2, -0.15) is 10.2 Å². The third-order valence-electron chi connectivity index (χ3n) is 2.32. The fourth-order valence-corrected chi connectivity index (χ4v) is 1.40. The summed E-state index contributed by atoms with van der Waals surface area (Å²) < 4.78 is 1.70. The Kier molecular flexibility index (Phi) is 2.72. The first-order valence-corrected chi connectivity index (χ1v) is 4.95. The molecule has 84 valence electrons. The van der Waals surface area contributed by atoms with E-state index in [2.05, 4.69) is 20.6 Å². The molecule has 2 rings (SSSR count). The Labute approximate surface area is 92.7 Å². The van der Waals surface area contributed by atoms with Crippen molar-refractivity contribution in [3.8, 4) is 0 Å². The maximum absolute atomic E-state index is 11.7. The van der Waals surface area contributed by atoms with Gasteiger partial charge in [-0.1, -0.05) is 0 Å². The van der Waals surface area contributed by atoms with Crippen LogP contribution in [0.15, 0.2) is 24.7 Å². The number of nitrogens with one attached hydrogen (secondary N) is 2. The monoisotopic (exact) mass is 219 g/mol. The third-order valence-corrected chi connectivity index (χ3v) is 2.32. The zero-order valence-corrected chi connectivity index (χ0v) is 9.14. The summed E-state index contributed by atoms with van der Waals surface area (Å²) in [6, 6.07) is 1.55. The van der Waals surface area contributed by atoms with Gasteiger partial charge in [0.25, 0.3) is 5.91 Å². The first kappa shape index (κ1) is 10.4. The van der Waals surface area contributed by atoms with E-state index < -0.39 is 0 Å². The van der Waals surface area contributed by atoms with E-state index in [1.807, 2.05) is 20.2 Å². The van der Waals surface area contributed by atoms with E-state index in [4.69, 9.17) is 0 Å². The number of rotatable bonds is 3. The van der Waals surface area contributed by atoms with Crippen LogP contribution < -0.4 is 5.32 Å². The van der Waals surface area contributed by atoms with Gasteiger partial charge in [0.2, 0.25) is 0 Å². The molecule has 0 aliphatic heterocycles. The summed E-state index contributed by atoms with van der Waals surface area (Å²) in [4.78, 5) is 11.7. The molecule has 16 heavy (non-hydrogen) atoms. The molecule has 0 aromatic carbocycles. The summed E-state index contributed by atoms with van der Waals surface area (Å²) in [6.07, 6.45) is 5.15. The molecule has 0 aliphatic rings. The first-order chi connectivity index (χ1) is 7.66. The van der Waals surface area contributed by atoms with Crippen molar-refractivity contribution in [2.45, 2.75) is 13.0 Å². The number of hydrogen-bond acceptors (Lipinski definition) is 3. The summed E-state index contributed by atoms with van der Waals surface area (Å²) in [6.45, 7) is 1.91. The van der Waals surface area contributed by atoms with Gasteiger partial charge in [0, 0.05) is 25.0 Å². The smallest absolute Gasteiger partial charge is 0.269 e. The Bertz CT molecular complexity index is 473. The van der Waals surface area contributed by atoms with E-state index in [1.165, 1.54) is 0 Å². The van der Waals surface area contributed by atoms with Crippen molar-refractivity contribution in [1.29, 1.82) is 0 Å². The predicted octanol–water partition coefficient (Wildman–Crippen LogP) is 0.634. The van der Waals surface area contributed by atoms with Crippen LogP contribution in [0.1, 0.15) is 29.0 Å². The van der Waals surface area contributed by atoms with Gasteiger partial charge in [0.05, 0.1) is 12.2 Å². The van der Waals surface area contributed by atoms with Crippen LogP contribution in [0.5, 0.6) is 0 Å². The Morgan fingerprint density at radius 2 is 2.44 bits per heavy atom. The van der Waals surface area contributed by atoms with Crippen LogP contribution in [0.3, 0.4) is 0 Å². The molecule has 2 aromatic heterocycles. The number of nitrogens with zero attached hydrogens (tertiary/aromatic N) is 3. The van der Waals surface area contributed by atoms with Gasteiger partial charge in [0.1, 0.15) is 5.69 Å². The van der Waals surface area contributed by atoms with Crippen LogP contribution in [0.25, 0.3) is 0 Å². The second kappa shape index (κ2) is 4.18. The molecule has 2 N–H and O–H groups in total. The summed E-state index contributed by atoms with van der Waals surface area (Å²) in [7, 11) is 1.84. The number of amides is 1. The zero-order chi connectivity index (χ0) is 11.5. The Morgan fingerprint density at radius 1 is 1.62 bits per heavy atom. The highest BCUT2D eigenvalue weighted by Gasteiger charge is 2.13. The van der Waals surface area contributed by atoms with Gasteiger partial charge in [-0.25, -0.2) is 0 Å². The molecule has 1 amide bonds. The summed E-state index contributed by atoms with van der Waals surface area (Å²) in [5.41, 5.74) is 1.42. The predicted molar refractivity (Wildman–Crippen MR) is 57.7 cm³/mol. The van der Waals surface area contributed by atoms with Crippen LogP contribution in [-0.4, -0.2) is 25.9 Å². The van der Waals surface area contributed by atoms with Gasteiger partial charge in [-0.3, -0.25) is 14.6 Å². The number of aryl methyl sites for hydroxylation is 1. The van der Waals surface area contributed by atoms with Crippen molar-refractivity contribution in [2.24, 2.45) is 7.05 Å². The number of carbonyl (C=O) groups is 1. The van der Waals surface area contributed by atoms with Gasteiger partial charge in [0.15, 0.2) is 0 Å². The average molecular weight is 219 g/mol. The maximum atomic E-state index is 11.7. The first-order valence-electron chi connectivity index (χ1n) is 4.95. The minimum absolute atomic E-state index is 0.0792. The van der Waals surface area contributed by atoms with Gasteiger partial charge in [-0.15, -0.1) is 0 Å². The van der Waals surface area contributed by atoms with E-state index in [0.717, 1.165) is 5.56 Å². The molecular weight excluding hydrogens is 206 g/mol. The maximum Gasteiger partial charge on any atom is 0.269 e. The van der Waals surface area contributed by atoms with Crippen LogP contribution in [0.2, 0.25) is 0 Å². The lowest BCUT2D eigenvalue weighted by Crippen LogP contribution is -2.26. The second-order valence-corrected chi connectivity index (χ2v) is 3.61. The van der Waals surface area contributed by atoms with Crippen molar-refractivity contribution >= 4 is 5.91 Å². The van der Waals surface area contributed by atoms with E-state index in [1.54, 1.807) is 23.1 Å². The topological polar surface area (TPSA) is 75.6 Å². The lowest BCUT2D eigenvalue weighted by Gasteiger charge is -2.10. The summed E-state index contributed by atoms with van der Waals surface area (Å²) in [5, 5.41) is 13.2. The van der Waals surface area contributed by atoms with E-state index >= 15 is 0 Å². The molecule has 1 atom stereocenters. The van der Waals surface area contributed by atoms with Crippen LogP contribution in [-0.2, 0) is 7.05 Å². The van der Waals surface area contributed by atoms with E-state index in [0.29, 0.717) is 5.69 Å². The van der Waals surface area contributed by atoms with E-state index in [9.17, 15) is 4.79 Å². The fraction of sp³-hybridized carbons (Fsp3) is 0.300. The van der Waals surface area contributed by atoms with Crippen molar-refractivity contribution in [1.82, 2.24) is 25.3 Å². The van der Waals surface area contributed by atoms with Crippen molar-refractivity contribution in [2.75, 3.05) is 0 Å². The van der Waals surface area contributed by atoms with Crippen LogP contribution in [0.4, 0.5) is 0 Å². The minimum atomic E-state index is -0.172. The Balaban J connectivity index is 2.03. The highest BCUT2D eigenvalue weighted by molar-refractivity contribution is 5.92. The molecular formula is C10H13N5O. The number of H-pyrrole nitrogens is 1. The van der Waals surface area contributed by atoms with Crippen LogP contribution >= 0.6 is 0 Å². The molecule has 0 saturated heterocycles. The number of aromatic amines is 1. The number of carbonyl (C=O) groups excluding carboxylic acids is 1. The molecule has 0 aliphatic carbocycles. The molecule has 0 spiro atoms. The standard InChI is InChI=1S/C10H13N5O/c1-7(8-5-12-15(2)6-8)13-10(16)9-3-4-11-14-9/h3-7H,1-2H3,(H,11,14)(H,13,16). The second-order valence-electron chi connectivity index (χ2n) is 3.61. The number of aromatic nitrogens is 4. The molecule has 6 nitrogen and oxygen atoms in total. The van der Waals surface area contributed by atoms with Crippen molar-refractivity contribution in [3.63, 3.8) is 0 Å². The van der Waals surface area contributed by atoms with E-state index in [-0.39, 0.29) is 11.9 Å². The van der Waals surface area contributed by atoms with Crippen LogP contribution in [0, 0.1) is 0 Å². The van der Waals surface area contributed by atoms with Gasteiger partial charge < -0.3 is 5.32 Å². The van der Waals surface area contributed by atoms with Gasteiger partial charge in [-0.05, 0) is 13.0 Å². The molecule has 0 bridgehead atoms. The molecule has 1 unspecified atom stereocenters. The highest BCUT2D eigenvalue weighted by Crippen LogP contribution is 2.10. The quantitative estimate of drug-likeness (QED) is 0.795. The lowest BCUT2D eigenvalue weighted by molar-refractivity contribution is 0.0935. The fourth-order valence-electron chi connectivity index (χ4n) is 1.40. The third kappa shape index (κ3) is 2.10. The average Bonchev–Trinajstić information content (AvgIpc) is 2.87. The Morgan fingerprint density at radius 3 is 3.00 bits per heavy atom. The molecule has 2 aromatic rings. The van der Waals surface area contributed by atoms with Gasteiger partial charge >= 0.3 is 0 Å². The SMILES string of the molecule is CC(NC(=O)c1ccn[nH]1)c1cnn(C)c1. The zero-order valence-electron chi connectivity index (χ0n) is 9.14. The molecule has 0 radical (unpaired) electrons. The minimum Gasteiger partial charge on any atom is -0.344 e. The largest absolute Gasteiger partial charge is 0.344 e. The Hall–Kier alpha value is -2.11. The number of hydrogen-bond donors (Lipinski definition) is 2. The summed E-state index contributed by atoms with van der Waals surface area (Å²) >= 11 is 0. The highest BCUT2D eigenvalue weighted by atomic mass is 16.2. The molecule has 2 heterocycles. The van der Waals surface area contributed by atoms with Crippen molar-refractivity contribution in [3.05, 3.63) is 35.9 Å². The molecule has 6 heteroatoms.